The van der Waals surface area contributed by atoms with E-state index in [0.717, 1.165) is 16.8 Å². The molecule has 0 amide bonds. The topological polar surface area (TPSA) is 62.4 Å². The third-order valence-corrected chi connectivity index (χ3v) is 3.13. The van der Waals surface area contributed by atoms with Gasteiger partial charge >= 0.3 is 0 Å². The molecule has 0 fully saturated rings. The molecule has 0 radical (unpaired) electrons. The molecule has 1 atom stereocenters. The molecule has 0 spiro atoms. The Bertz CT molecular complexity index is 511. The van der Waals surface area contributed by atoms with Crippen molar-refractivity contribution in [3.8, 4) is 11.3 Å². The van der Waals surface area contributed by atoms with Gasteiger partial charge in [0.15, 0.2) is 0 Å². The molecule has 0 saturated carbocycles. The molecule has 0 aliphatic carbocycles. The molecule has 0 aliphatic heterocycles. The van der Waals surface area contributed by atoms with Crippen molar-refractivity contribution in [1.29, 1.82) is 0 Å². The van der Waals surface area contributed by atoms with E-state index < -0.39 is 0 Å². The number of aromatic nitrogens is 1. The minimum absolute atomic E-state index is 0.312. The standard InChI is InChI=1S/C16H21N3O/c1-13(20)9-11-19(17)12-14-5-7-15(8-6-14)16-4-2-3-10-18-16/h2-8,10,13,20H,9,11-12,17H2,1H3. The van der Waals surface area contributed by atoms with Crippen LogP contribution in [0.15, 0.2) is 48.7 Å². The van der Waals surface area contributed by atoms with Gasteiger partial charge in [-0.3, -0.25) is 10.8 Å². The predicted molar refractivity (Wildman–Crippen MR) is 80.6 cm³/mol. The minimum Gasteiger partial charge on any atom is -0.393 e. The van der Waals surface area contributed by atoms with Gasteiger partial charge in [-0.05, 0) is 31.0 Å². The number of rotatable bonds is 6. The Morgan fingerprint density at radius 3 is 2.55 bits per heavy atom. The predicted octanol–water partition coefficient (Wildman–Crippen LogP) is 2.20. The van der Waals surface area contributed by atoms with Crippen LogP contribution in [0.3, 0.4) is 0 Å². The number of pyridine rings is 1. The maximum absolute atomic E-state index is 9.24. The molecule has 2 aromatic rings. The highest BCUT2D eigenvalue weighted by Crippen LogP contribution is 2.17. The lowest BCUT2D eigenvalue weighted by molar-refractivity contribution is 0.154. The van der Waals surface area contributed by atoms with Crippen LogP contribution in [0.1, 0.15) is 18.9 Å². The first-order valence-corrected chi connectivity index (χ1v) is 6.83. The molecule has 1 aromatic heterocycles. The lowest BCUT2D eigenvalue weighted by Gasteiger charge is -2.17. The van der Waals surface area contributed by atoms with Crippen LogP contribution in [0, 0.1) is 0 Å². The van der Waals surface area contributed by atoms with E-state index in [2.05, 4.69) is 29.2 Å². The van der Waals surface area contributed by atoms with Gasteiger partial charge < -0.3 is 5.11 Å². The molecule has 4 nitrogen and oxygen atoms in total. The summed E-state index contributed by atoms with van der Waals surface area (Å²) >= 11 is 0. The summed E-state index contributed by atoms with van der Waals surface area (Å²) in [5, 5.41) is 11.0. The van der Waals surface area contributed by atoms with E-state index in [0.29, 0.717) is 19.5 Å². The van der Waals surface area contributed by atoms with Crippen molar-refractivity contribution >= 4 is 0 Å². The number of benzene rings is 1. The fourth-order valence-electron chi connectivity index (χ4n) is 1.98. The Morgan fingerprint density at radius 1 is 1.20 bits per heavy atom. The summed E-state index contributed by atoms with van der Waals surface area (Å²) in [7, 11) is 0. The Kier molecular flexibility index (Phi) is 5.24. The van der Waals surface area contributed by atoms with Gasteiger partial charge in [-0.15, -0.1) is 0 Å². The van der Waals surface area contributed by atoms with E-state index in [1.165, 1.54) is 0 Å². The zero-order valence-electron chi connectivity index (χ0n) is 11.7. The van der Waals surface area contributed by atoms with Crippen LogP contribution in [0.4, 0.5) is 0 Å². The van der Waals surface area contributed by atoms with E-state index in [1.807, 2.05) is 18.2 Å². The summed E-state index contributed by atoms with van der Waals surface area (Å²) in [5.41, 5.74) is 3.22. The molecule has 0 aliphatic rings. The van der Waals surface area contributed by atoms with Crippen LogP contribution in [0.5, 0.6) is 0 Å². The van der Waals surface area contributed by atoms with Crippen molar-refractivity contribution < 1.29 is 5.11 Å². The summed E-state index contributed by atoms with van der Waals surface area (Å²) in [6.45, 7) is 3.13. The summed E-state index contributed by atoms with van der Waals surface area (Å²) in [4.78, 5) is 4.33. The molecule has 1 aromatic carbocycles. The average Bonchev–Trinajstić information content (AvgIpc) is 2.47. The summed E-state index contributed by atoms with van der Waals surface area (Å²) in [5.74, 6) is 5.91. The van der Waals surface area contributed by atoms with Gasteiger partial charge in [-0.1, -0.05) is 30.3 Å². The Hall–Kier alpha value is -1.75. The highest BCUT2D eigenvalue weighted by atomic mass is 16.3. The Morgan fingerprint density at radius 2 is 1.95 bits per heavy atom. The van der Waals surface area contributed by atoms with Gasteiger partial charge in [0.25, 0.3) is 0 Å². The van der Waals surface area contributed by atoms with Crippen LogP contribution >= 0.6 is 0 Å². The number of nitrogens with zero attached hydrogens (tertiary/aromatic N) is 2. The number of hydrogen-bond donors (Lipinski definition) is 2. The maximum Gasteiger partial charge on any atom is 0.0701 e. The first kappa shape index (κ1) is 14.7. The summed E-state index contributed by atoms with van der Waals surface area (Å²) < 4.78 is 0. The monoisotopic (exact) mass is 271 g/mol. The van der Waals surface area contributed by atoms with Crippen molar-refractivity contribution in [2.75, 3.05) is 6.54 Å². The van der Waals surface area contributed by atoms with Crippen LogP contribution in [-0.2, 0) is 6.54 Å². The third-order valence-electron chi connectivity index (χ3n) is 3.13. The molecular weight excluding hydrogens is 250 g/mol. The second kappa shape index (κ2) is 7.14. The molecule has 1 unspecified atom stereocenters. The average molecular weight is 271 g/mol. The van der Waals surface area contributed by atoms with Gasteiger partial charge in [-0.25, -0.2) is 5.01 Å². The van der Waals surface area contributed by atoms with Gasteiger partial charge in [0.2, 0.25) is 0 Å². The van der Waals surface area contributed by atoms with E-state index >= 15 is 0 Å². The molecule has 0 bridgehead atoms. The Labute approximate surface area is 119 Å². The third kappa shape index (κ3) is 4.42. The molecule has 106 valence electrons. The van der Waals surface area contributed by atoms with E-state index in [-0.39, 0.29) is 6.10 Å². The molecule has 2 rings (SSSR count). The zero-order chi connectivity index (χ0) is 14.4. The molecular formula is C16H21N3O. The zero-order valence-corrected chi connectivity index (χ0v) is 11.7. The van der Waals surface area contributed by atoms with Crippen molar-refractivity contribution in [3.05, 3.63) is 54.2 Å². The fourth-order valence-corrected chi connectivity index (χ4v) is 1.98. The van der Waals surface area contributed by atoms with Crippen molar-refractivity contribution in [3.63, 3.8) is 0 Å². The largest absolute Gasteiger partial charge is 0.393 e. The molecule has 0 saturated heterocycles. The van der Waals surface area contributed by atoms with Crippen LogP contribution in [0.25, 0.3) is 11.3 Å². The van der Waals surface area contributed by atoms with E-state index in [4.69, 9.17) is 5.84 Å². The highest BCUT2D eigenvalue weighted by molar-refractivity contribution is 5.58. The van der Waals surface area contributed by atoms with Crippen molar-refractivity contribution in [2.45, 2.75) is 26.0 Å². The first-order valence-electron chi connectivity index (χ1n) is 6.83. The smallest absolute Gasteiger partial charge is 0.0701 e. The van der Waals surface area contributed by atoms with Crippen LogP contribution in [0.2, 0.25) is 0 Å². The quantitative estimate of drug-likeness (QED) is 0.624. The Balaban J connectivity index is 1.95. The van der Waals surface area contributed by atoms with E-state index in [1.54, 1.807) is 18.1 Å². The lowest BCUT2D eigenvalue weighted by atomic mass is 10.1. The van der Waals surface area contributed by atoms with Gasteiger partial charge in [0, 0.05) is 24.8 Å². The van der Waals surface area contributed by atoms with E-state index in [9.17, 15) is 5.11 Å². The van der Waals surface area contributed by atoms with Gasteiger partial charge in [0.05, 0.1) is 11.8 Å². The summed E-state index contributed by atoms with van der Waals surface area (Å²) in [6, 6.07) is 14.1. The van der Waals surface area contributed by atoms with Gasteiger partial charge in [-0.2, -0.15) is 0 Å². The van der Waals surface area contributed by atoms with Crippen molar-refractivity contribution in [1.82, 2.24) is 9.99 Å². The normalized spacial score (nSPS) is 12.6. The summed E-state index contributed by atoms with van der Waals surface area (Å²) in [6.07, 6.45) is 2.16. The second-order valence-electron chi connectivity index (χ2n) is 5.02. The van der Waals surface area contributed by atoms with Gasteiger partial charge in [0.1, 0.15) is 0 Å². The number of aliphatic hydroxyl groups is 1. The molecule has 1 heterocycles. The molecule has 20 heavy (non-hydrogen) atoms. The highest BCUT2D eigenvalue weighted by Gasteiger charge is 2.04. The van der Waals surface area contributed by atoms with Crippen molar-refractivity contribution in [2.24, 2.45) is 5.84 Å². The fraction of sp³-hybridized carbons (Fsp3) is 0.312. The number of nitrogens with two attached hydrogens (primary N) is 1. The van der Waals surface area contributed by atoms with Crippen LogP contribution < -0.4 is 5.84 Å². The number of aliphatic hydroxyl groups excluding tert-OH is 1. The number of hydrogen-bond acceptors (Lipinski definition) is 4. The van der Waals surface area contributed by atoms with Crippen LogP contribution in [-0.4, -0.2) is 27.7 Å². The first-order chi connectivity index (χ1) is 9.65. The molecule has 4 heteroatoms. The molecule has 3 N–H and O–H groups in total. The second-order valence-corrected chi connectivity index (χ2v) is 5.02. The minimum atomic E-state index is -0.312. The maximum atomic E-state index is 9.24. The number of hydrazine groups is 1. The SMILES string of the molecule is CC(O)CCN(N)Cc1ccc(-c2ccccn2)cc1. The lowest BCUT2D eigenvalue weighted by Crippen LogP contribution is -2.32.